The maximum Gasteiger partial charge on any atom is 0.322 e. The lowest BCUT2D eigenvalue weighted by Gasteiger charge is -2.63. The summed E-state index contributed by atoms with van der Waals surface area (Å²) in [6, 6.07) is 0. The highest BCUT2D eigenvalue weighted by Crippen LogP contribution is 2.68. The third-order valence-electron chi connectivity index (χ3n) is 10.8. The first-order valence-corrected chi connectivity index (χ1v) is 13.0. The molecule has 1 amide bonds. The topological polar surface area (TPSA) is 127 Å². The second-order valence-electron chi connectivity index (χ2n) is 12.2. The summed E-state index contributed by atoms with van der Waals surface area (Å²) in [5.74, 6) is 0.265. The average molecular weight is 466 g/mol. The van der Waals surface area contributed by atoms with Crippen molar-refractivity contribution >= 4 is 11.9 Å². The Morgan fingerprint density at radius 2 is 1.76 bits per heavy atom. The molecule has 7 heteroatoms. The van der Waals surface area contributed by atoms with Crippen LogP contribution in [0.2, 0.25) is 0 Å². The summed E-state index contributed by atoms with van der Waals surface area (Å²) in [5.41, 5.74) is -0.214. The van der Waals surface area contributed by atoms with E-state index in [1.54, 1.807) is 0 Å². The minimum absolute atomic E-state index is 0.0668. The van der Waals surface area contributed by atoms with E-state index in [4.69, 9.17) is 5.11 Å². The molecule has 0 heterocycles. The van der Waals surface area contributed by atoms with Crippen molar-refractivity contribution < 1.29 is 30.0 Å². The van der Waals surface area contributed by atoms with Gasteiger partial charge >= 0.3 is 5.97 Å². The quantitative estimate of drug-likeness (QED) is 0.410. The highest BCUT2D eigenvalue weighted by atomic mass is 16.4. The fourth-order valence-electron chi connectivity index (χ4n) is 8.95. The van der Waals surface area contributed by atoms with Crippen molar-refractivity contribution in [2.75, 3.05) is 6.54 Å². The van der Waals surface area contributed by atoms with Crippen molar-refractivity contribution in [3.05, 3.63) is 0 Å². The number of carboxylic acid groups (broad SMARTS) is 1. The average Bonchev–Trinajstić information content (AvgIpc) is 3.11. The van der Waals surface area contributed by atoms with E-state index in [-0.39, 0.29) is 65.1 Å². The van der Waals surface area contributed by atoms with E-state index in [0.29, 0.717) is 25.2 Å². The van der Waals surface area contributed by atoms with E-state index in [1.807, 2.05) is 0 Å². The zero-order valence-electron chi connectivity index (χ0n) is 20.4. The van der Waals surface area contributed by atoms with Gasteiger partial charge in [-0.2, -0.15) is 0 Å². The van der Waals surface area contributed by atoms with Gasteiger partial charge in [0, 0.05) is 6.42 Å². The Balaban J connectivity index is 1.49. The predicted octanol–water partition coefficient (Wildman–Crippen LogP) is 2.56. The van der Waals surface area contributed by atoms with E-state index < -0.39 is 12.1 Å². The summed E-state index contributed by atoms with van der Waals surface area (Å²) >= 11 is 0. The zero-order valence-corrected chi connectivity index (χ0v) is 20.4. The van der Waals surface area contributed by atoms with Crippen molar-refractivity contribution in [2.45, 2.75) is 96.9 Å². The molecule has 0 spiro atoms. The fraction of sp³-hybridized carbons (Fsp3) is 0.923. The van der Waals surface area contributed by atoms with Crippen LogP contribution in [-0.2, 0) is 9.59 Å². The molecule has 4 fully saturated rings. The Morgan fingerprint density at radius 1 is 1.03 bits per heavy atom. The molecule has 0 aromatic heterocycles. The van der Waals surface area contributed by atoms with E-state index >= 15 is 0 Å². The van der Waals surface area contributed by atoms with Crippen molar-refractivity contribution in [3.8, 4) is 0 Å². The first-order valence-electron chi connectivity index (χ1n) is 13.0. The lowest BCUT2D eigenvalue weighted by Crippen LogP contribution is -2.62. The van der Waals surface area contributed by atoms with Crippen LogP contribution in [0.1, 0.15) is 78.6 Å². The van der Waals surface area contributed by atoms with E-state index in [9.17, 15) is 24.9 Å². The van der Waals surface area contributed by atoms with Crippen molar-refractivity contribution in [2.24, 2.45) is 46.3 Å². The normalized spacial score (nSPS) is 47.7. The number of rotatable bonds is 6. The Hall–Kier alpha value is -1.18. The van der Waals surface area contributed by atoms with Gasteiger partial charge in [0.15, 0.2) is 0 Å². The van der Waals surface area contributed by atoms with Gasteiger partial charge in [0.05, 0.1) is 18.3 Å². The van der Waals surface area contributed by atoms with Gasteiger partial charge in [-0.05, 0) is 97.7 Å². The molecule has 5 unspecified atom stereocenters. The van der Waals surface area contributed by atoms with Crippen LogP contribution in [0, 0.1) is 46.3 Å². The minimum Gasteiger partial charge on any atom is -0.480 e. The summed E-state index contributed by atoms with van der Waals surface area (Å²) < 4.78 is 0. The van der Waals surface area contributed by atoms with Crippen LogP contribution in [0.3, 0.4) is 0 Å². The molecule has 4 aliphatic carbocycles. The minimum atomic E-state index is -1.04. The van der Waals surface area contributed by atoms with Gasteiger partial charge in [-0.15, -0.1) is 0 Å². The summed E-state index contributed by atoms with van der Waals surface area (Å²) in [6.45, 7) is 6.35. The number of carbonyl (C=O) groups excluding carboxylic acids is 1. The second-order valence-corrected chi connectivity index (χ2v) is 12.2. The maximum absolute atomic E-state index is 12.0. The molecule has 11 atom stereocenters. The van der Waals surface area contributed by atoms with Gasteiger partial charge in [0.1, 0.15) is 6.54 Å². The molecule has 7 nitrogen and oxygen atoms in total. The second kappa shape index (κ2) is 9.12. The number of aliphatic hydroxyl groups is 3. The Kier molecular flexibility index (Phi) is 6.89. The zero-order chi connectivity index (χ0) is 24.1. The molecule has 0 aliphatic heterocycles. The summed E-state index contributed by atoms with van der Waals surface area (Å²) in [6.07, 6.45) is 5.86. The van der Waals surface area contributed by atoms with E-state index in [1.165, 1.54) is 0 Å². The fourth-order valence-corrected chi connectivity index (χ4v) is 8.95. The van der Waals surface area contributed by atoms with Crippen LogP contribution in [0.25, 0.3) is 0 Å². The summed E-state index contributed by atoms with van der Waals surface area (Å²) in [4.78, 5) is 22.7. The maximum atomic E-state index is 12.0. The first-order chi connectivity index (χ1) is 15.5. The number of fused-ring (bicyclic) bond motifs is 5. The van der Waals surface area contributed by atoms with Crippen LogP contribution in [-0.4, -0.2) is 57.2 Å². The van der Waals surface area contributed by atoms with Crippen LogP contribution >= 0.6 is 0 Å². The summed E-state index contributed by atoms with van der Waals surface area (Å²) in [7, 11) is 0. The van der Waals surface area contributed by atoms with Crippen molar-refractivity contribution in [1.82, 2.24) is 5.32 Å². The molecule has 33 heavy (non-hydrogen) atoms. The van der Waals surface area contributed by atoms with E-state index in [2.05, 4.69) is 26.1 Å². The third kappa shape index (κ3) is 4.23. The van der Waals surface area contributed by atoms with Gasteiger partial charge in [-0.1, -0.05) is 20.8 Å². The van der Waals surface area contributed by atoms with Gasteiger partial charge in [0.2, 0.25) is 5.91 Å². The molecule has 188 valence electrons. The van der Waals surface area contributed by atoms with Crippen LogP contribution < -0.4 is 5.32 Å². The SMILES string of the molecule is C[C@H](CCC(=O)NCC(=O)O)C1CCC2C3C(O)C[C@@H]4C[C@H](O)CC[C@]4(C)C3C[C@H](O)[C@@]21C. The molecule has 5 N–H and O–H groups in total. The van der Waals surface area contributed by atoms with Gasteiger partial charge < -0.3 is 25.7 Å². The number of hydrogen-bond acceptors (Lipinski definition) is 5. The molecular formula is C26H43NO6. The number of nitrogens with one attached hydrogen (secondary N) is 1. The molecule has 0 saturated heterocycles. The molecular weight excluding hydrogens is 422 g/mol. The highest BCUT2D eigenvalue weighted by molar-refractivity contribution is 5.81. The number of carbonyl (C=O) groups is 2. The smallest absolute Gasteiger partial charge is 0.322 e. The Labute approximate surface area is 197 Å². The largest absolute Gasteiger partial charge is 0.480 e. The van der Waals surface area contributed by atoms with Crippen LogP contribution in [0.5, 0.6) is 0 Å². The lowest BCUT2D eigenvalue weighted by molar-refractivity contribution is -0.207. The molecule has 0 aromatic rings. The number of aliphatic hydroxyl groups excluding tert-OH is 3. The van der Waals surface area contributed by atoms with Gasteiger partial charge in [-0.25, -0.2) is 0 Å². The lowest BCUT2D eigenvalue weighted by atomic mass is 9.43. The molecule has 4 rings (SSSR count). The van der Waals surface area contributed by atoms with Crippen LogP contribution in [0.4, 0.5) is 0 Å². The van der Waals surface area contributed by atoms with Gasteiger partial charge in [0.25, 0.3) is 0 Å². The Morgan fingerprint density at radius 3 is 2.45 bits per heavy atom. The van der Waals surface area contributed by atoms with Crippen molar-refractivity contribution in [1.29, 1.82) is 0 Å². The number of amides is 1. The van der Waals surface area contributed by atoms with Gasteiger partial charge in [-0.3, -0.25) is 9.59 Å². The molecule has 0 bridgehead atoms. The molecule has 0 aromatic carbocycles. The monoisotopic (exact) mass is 465 g/mol. The number of aliphatic carboxylic acids is 1. The summed E-state index contributed by atoms with van der Waals surface area (Å²) in [5, 5.41) is 44.4. The number of hydrogen-bond donors (Lipinski definition) is 5. The van der Waals surface area contributed by atoms with Crippen molar-refractivity contribution in [3.63, 3.8) is 0 Å². The molecule has 4 aliphatic rings. The third-order valence-corrected chi connectivity index (χ3v) is 10.8. The first kappa shape index (κ1) is 24.9. The Bertz CT molecular complexity index is 759. The van der Waals surface area contributed by atoms with E-state index in [0.717, 1.165) is 38.5 Å². The molecule has 0 radical (unpaired) electrons. The van der Waals surface area contributed by atoms with Crippen LogP contribution in [0.15, 0.2) is 0 Å². The standard InChI is InChI=1S/C26H43NO6/c1-14(4-7-22(31)27-13-23(32)33)17-5-6-18-24-19(12-21(30)26(17,18)3)25(2)9-8-16(28)10-15(25)11-20(24)29/h14-21,24,28-30H,4-13H2,1-3H3,(H,27,31)(H,32,33)/t14-,15+,16-,17?,18?,19?,20?,21+,24?,25+,26-/m1/s1. The molecule has 4 saturated carbocycles. The number of carboxylic acids is 1. The highest BCUT2D eigenvalue weighted by Gasteiger charge is 2.65. The predicted molar refractivity (Wildman–Crippen MR) is 123 cm³/mol.